The molecule has 104 valence electrons. The molecule has 4 rings (SSSR count). The molecule has 2 atom stereocenters. The Morgan fingerprint density at radius 3 is 3.05 bits per heavy atom. The van der Waals surface area contributed by atoms with E-state index in [1.54, 1.807) is 16.7 Å². The first-order valence-electron chi connectivity index (χ1n) is 7.96. The molecule has 20 heavy (non-hydrogen) atoms. The van der Waals surface area contributed by atoms with Crippen LogP contribution in [-0.2, 0) is 19.4 Å². The number of benzene rings is 1. The maximum atomic E-state index is 4.17. The van der Waals surface area contributed by atoms with Gasteiger partial charge in [-0.25, -0.2) is 4.98 Å². The second-order valence-electron chi connectivity index (χ2n) is 6.50. The number of imidazole rings is 1. The van der Waals surface area contributed by atoms with Crippen LogP contribution in [0.3, 0.4) is 0 Å². The zero-order chi connectivity index (χ0) is 13.4. The number of aromatic nitrogens is 2. The summed E-state index contributed by atoms with van der Waals surface area (Å²) in [7, 11) is 0. The average molecular weight is 266 g/mol. The summed E-state index contributed by atoms with van der Waals surface area (Å²) in [5.41, 5.74) is 5.00. The first-order chi connectivity index (χ1) is 9.90. The van der Waals surface area contributed by atoms with Crippen LogP contribution in [0.4, 0.5) is 0 Å². The average Bonchev–Trinajstić information content (AvgIpc) is 2.87. The maximum Gasteiger partial charge on any atom is 0.0945 e. The highest BCUT2D eigenvalue weighted by atomic mass is 15.0. The number of hydrogen-bond donors (Lipinski definition) is 0. The first-order valence-corrected chi connectivity index (χ1v) is 7.96. The highest BCUT2D eigenvalue weighted by Gasteiger charge is 2.29. The van der Waals surface area contributed by atoms with Crippen molar-refractivity contribution in [1.29, 1.82) is 0 Å². The Morgan fingerprint density at radius 1 is 1.20 bits per heavy atom. The minimum atomic E-state index is 0.773. The molecular formula is C18H22N2. The topological polar surface area (TPSA) is 17.8 Å². The van der Waals surface area contributed by atoms with Crippen molar-refractivity contribution in [2.24, 2.45) is 5.92 Å². The fourth-order valence-corrected chi connectivity index (χ4v) is 4.30. The van der Waals surface area contributed by atoms with Gasteiger partial charge < -0.3 is 4.57 Å². The van der Waals surface area contributed by atoms with E-state index in [4.69, 9.17) is 0 Å². The molecule has 1 aromatic carbocycles. The normalized spacial score (nSPS) is 25.0. The van der Waals surface area contributed by atoms with Crippen molar-refractivity contribution in [2.45, 2.75) is 51.0 Å². The van der Waals surface area contributed by atoms with E-state index in [1.165, 1.54) is 38.5 Å². The van der Waals surface area contributed by atoms with Gasteiger partial charge in [0, 0.05) is 18.9 Å². The van der Waals surface area contributed by atoms with Crippen molar-refractivity contribution in [2.75, 3.05) is 0 Å². The third kappa shape index (κ3) is 2.17. The summed E-state index contributed by atoms with van der Waals surface area (Å²) in [5, 5.41) is 0. The van der Waals surface area contributed by atoms with Crippen LogP contribution < -0.4 is 0 Å². The molecule has 0 saturated carbocycles. The standard InChI is InChI=1S/C18H22N2/c1-2-5-16-10-14(12-20-9-8-19-13-20)11-17-7-3-6-15(4-1)18(16)17/h3,6-9,13-14,16H,1-2,4-5,10-12H2/t14-,16+/m0/s1. The van der Waals surface area contributed by atoms with Gasteiger partial charge in [-0.05, 0) is 60.6 Å². The fraction of sp³-hybridized carbons (Fsp3) is 0.500. The summed E-state index contributed by atoms with van der Waals surface area (Å²) in [5.74, 6) is 1.58. The Balaban J connectivity index is 1.64. The number of hydrogen-bond acceptors (Lipinski definition) is 1. The lowest BCUT2D eigenvalue weighted by atomic mass is 9.74. The summed E-state index contributed by atoms with van der Waals surface area (Å²) in [4.78, 5) is 4.17. The van der Waals surface area contributed by atoms with Gasteiger partial charge in [0.2, 0.25) is 0 Å². The zero-order valence-electron chi connectivity index (χ0n) is 12.0. The van der Waals surface area contributed by atoms with E-state index in [9.17, 15) is 0 Å². The molecule has 2 aliphatic rings. The van der Waals surface area contributed by atoms with Crippen LogP contribution >= 0.6 is 0 Å². The van der Waals surface area contributed by atoms with Crippen LogP contribution in [0.25, 0.3) is 0 Å². The minimum absolute atomic E-state index is 0.773. The molecule has 0 saturated heterocycles. The summed E-state index contributed by atoms with van der Waals surface area (Å²) < 4.78 is 2.25. The SMILES string of the molecule is c1cc2c3c(c1)C[C@@H](Cn1ccnc1)C[C@H]3CCCC2. The molecule has 1 heterocycles. The van der Waals surface area contributed by atoms with E-state index in [0.717, 1.165) is 18.4 Å². The van der Waals surface area contributed by atoms with Crippen LogP contribution in [0.5, 0.6) is 0 Å². The van der Waals surface area contributed by atoms with Crippen LogP contribution in [0.15, 0.2) is 36.9 Å². The van der Waals surface area contributed by atoms with E-state index < -0.39 is 0 Å². The lowest BCUT2D eigenvalue weighted by molar-refractivity contribution is 0.345. The van der Waals surface area contributed by atoms with Crippen LogP contribution in [0, 0.1) is 5.92 Å². The van der Waals surface area contributed by atoms with Crippen molar-refractivity contribution in [3.05, 3.63) is 53.6 Å². The molecule has 2 nitrogen and oxygen atoms in total. The summed E-state index contributed by atoms with van der Waals surface area (Å²) >= 11 is 0. The number of aryl methyl sites for hydroxylation is 1. The van der Waals surface area contributed by atoms with Crippen LogP contribution in [0.1, 0.15) is 48.3 Å². The van der Waals surface area contributed by atoms with E-state index in [1.807, 2.05) is 12.5 Å². The predicted octanol–water partition coefficient (Wildman–Crippen LogP) is 3.96. The van der Waals surface area contributed by atoms with Crippen molar-refractivity contribution in [1.82, 2.24) is 9.55 Å². The van der Waals surface area contributed by atoms with Gasteiger partial charge in [0.15, 0.2) is 0 Å². The van der Waals surface area contributed by atoms with Crippen LogP contribution in [-0.4, -0.2) is 9.55 Å². The van der Waals surface area contributed by atoms with Crippen molar-refractivity contribution in [3.8, 4) is 0 Å². The molecule has 0 bridgehead atoms. The van der Waals surface area contributed by atoms with Gasteiger partial charge >= 0.3 is 0 Å². The lowest BCUT2D eigenvalue weighted by Crippen LogP contribution is -2.23. The van der Waals surface area contributed by atoms with E-state index >= 15 is 0 Å². The van der Waals surface area contributed by atoms with E-state index in [2.05, 4.69) is 33.9 Å². The Labute approximate surface area is 120 Å². The Hall–Kier alpha value is -1.57. The van der Waals surface area contributed by atoms with Crippen molar-refractivity contribution in [3.63, 3.8) is 0 Å². The molecule has 2 heteroatoms. The van der Waals surface area contributed by atoms with Gasteiger partial charge in [-0.2, -0.15) is 0 Å². The smallest absolute Gasteiger partial charge is 0.0945 e. The summed E-state index contributed by atoms with van der Waals surface area (Å²) in [6, 6.07) is 7.01. The molecule has 1 aromatic heterocycles. The molecule has 0 aliphatic heterocycles. The second kappa shape index (κ2) is 5.08. The minimum Gasteiger partial charge on any atom is -0.337 e. The zero-order valence-corrected chi connectivity index (χ0v) is 12.0. The number of rotatable bonds is 2. The second-order valence-corrected chi connectivity index (χ2v) is 6.50. The molecule has 0 unspecified atom stereocenters. The molecule has 0 amide bonds. The molecular weight excluding hydrogens is 244 g/mol. The molecule has 0 fully saturated rings. The maximum absolute atomic E-state index is 4.17. The van der Waals surface area contributed by atoms with Crippen LogP contribution in [0.2, 0.25) is 0 Å². The molecule has 0 N–H and O–H groups in total. The highest BCUT2D eigenvalue weighted by molar-refractivity contribution is 5.41. The third-order valence-corrected chi connectivity index (χ3v) is 5.10. The van der Waals surface area contributed by atoms with Gasteiger partial charge in [0.1, 0.15) is 0 Å². The lowest BCUT2D eigenvalue weighted by Gasteiger charge is -2.32. The molecule has 0 radical (unpaired) electrons. The Morgan fingerprint density at radius 2 is 2.15 bits per heavy atom. The third-order valence-electron chi connectivity index (χ3n) is 5.10. The summed E-state index contributed by atoms with van der Waals surface area (Å²) in [6.07, 6.45) is 14.0. The predicted molar refractivity (Wildman–Crippen MR) is 80.8 cm³/mol. The van der Waals surface area contributed by atoms with E-state index in [-0.39, 0.29) is 0 Å². The first kappa shape index (κ1) is 12.2. The monoisotopic (exact) mass is 266 g/mol. The van der Waals surface area contributed by atoms with Gasteiger partial charge in [0.05, 0.1) is 6.33 Å². The Bertz CT molecular complexity index is 585. The van der Waals surface area contributed by atoms with E-state index in [0.29, 0.717) is 0 Å². The van der Waals surface area contributed by atoms with Gasteiger partial charge in [-0.1, -0.05) is 24.6 Å². The largest absolute Gasteiger partial charge is 0.337 e. The van der Waals surface area contributed by atoms with Crippen molar-refractivity contribution >= 4 is 0 Å². The highest BCUT2D eigenvalue weighted by Crippen LogP contribution is 2.42. The van der Waals surface area contributed by atoms with Gasteiger partial charge in [-0.15, -0.1) is 0 Å². The summed E-state index contributed by atoms with van der Waals surface area (Å²) in [6.45, 7) is 1.13. The number of nitrogens with zero attached hydrogens (tertiary/aromatic N) is 2. The Kier molecular flexibility index (Phi) is 3.10. The molecule has 2 aliphatic carbocycles. The van der Waals surface area contributed by atoms with Gasteiger partial charge in [-0.3, -0.25) is 0 Å². The van der Waals surface area contributed by atoms with Gasteiger partial charge in [0.25, 0.3) is 0 Å². The molecule has 0 spiro atoms. The quantitative estimate of drug-likeness (QED) is 0.804. The van der Waals surface area contributed by atoms with Crippen molar-refractivity contribution < 1.29 is 0 Å². The fourth-order valence-electron chi connectivity index (χ4n) is 4.30. The molecule has 2 aromatic rings.